The average molecular weight is 174 g/mol. The van der Waals surface area contributed by atoms with Crippen molar-refractivity contribution in [1.82, 2.24) is 9.78 Å². The third kappa shape index (κ3) is 1.16. The zero-order valence-electron chi connectivity index (χ0n) is 7.18. The molecule has 3 nitrogen and oxygen atoms in total. The lowest BCUT2D eigenvalue weighted by Crippen LogP contribution is -1.93. The molecule has 2 aromatic heterocycles. The van der Waals surface area contributed by atoms with Gasteiger partial charge < -0.3 is 4.42 Å². The van der Waals surface area contributed by atoms with Crippen LogP contribution in [0.4, 0.5) is 0 Å². The van der Waals surface area contributed by atoms with E-state index < -0.39 is 0 Å². The maximum Gasteiger partial charge on any atom is 0.154 e. The van der Waals surface area contributed by atoms with Gasteiger partial charge in [-0.3, -0.25) is 4.68 Å². The molecule has 13 heavy (non-hydrogen) atoms. The normalized spacial score (nSPS) is 16.3. The van der Waals surface area contributed by atoms with E-state index in [2.05, 4.69) is 5.10 Å². The van der Waals surface area contributed by atoms with Crippen LogP contribution in [0.25, 0.3) is 11.5 Å². The summed E-state index contributed by atoms with van der Waals surface area (Å²) in [7, 11) is 0. The Morgan fingerprint density at radius 1 is 1.38 bits per heavy atom. The minimum atomic E-state index is 0.642. The number of furan rings is 1. The lowest BCUT2D eigenvalue weighted by Gasteiger charge is -1.93. The van der Waals surface area contributed by atoms with Gasteiger partial charge in [0, 0.05) is 6.20 Å². The van der Waals surface area contributed by atoms with Gasteiger partial charge in [-0.1, -0.05) is 0 Å². The minimum Gasteiger partial charge on any atom is -0.463 e. The highest BCUT2D eigenvalue weighted by atomic mass is 16.3. The highest BCUT2D eigenvalue weighted by Gasteiger charge is 2.24. The predicted octanol–water partition coefficient (Wildman–Crippen LogP) is 2.48. The number of aromatic nitrogens is 2. The summed E-state index contributed by atoms with van der Waals surface area (Å²) in [6, 6.07) is 6.45. The Morgan fingerprint density at radius 2 is 2.31 bits per heavy atom. The second-order valence-electron chi connectivity index (χ2n) is 3.39. The van der Waals surface area contributed by atoms with Crippen molar-refractivity contribution >= 4 is 0 Å². The molecular weight excluding hydrogens is 164 g/mol. The van der Waals surface area contributed by atoms with Crippen molar-refractivity contribution in [2.75, 3.05) is 0 Å². The van der Waals surface area contributed by atoms with Crippen molar-refractivity contribution in [3.8, 4) is 11.5 Å². The molecule has 1 saturated carbocycles. The van der Waals surface area contributed by atoms with Crippen molar-refractivity contribution in [3.63, 3.8) is 0 Å². The lowest BCUT2D eigenvalue weighted by atomic mass is 10.3. The Hall–Kier alpha value is -1.51. The Kier molecular flexibility index (Phi) is 1.33. The van der Waals surface area contributed by atoms with Crippen molar-refractivity contribution in [3.05, 3.63) is 30.7 Å². The van der Waals surface area contributed by atoms with Gasteiger partial charge in [0.05, 0.1) is 12.3 Å². The van der Waals surface area contributed by atoms with E-state index in [1.54, 1.807) is 6.26 Å². The molecule has 0 spiro atoms. The fourth-order valence-electron chi connectivity index (χ4n) is 1.44. The van der Waals surface area contributed by atoms with E-state index in [0.717, 1.165) is 11.5 Å². The standard InChI is InChI=1S/C10H10N2O/c1-2-10(13-7-1)9-5-6-12(11-9)8-3-4-8/h1-2,5-8H,3-4H2. The molecule has 1 fully saturated rings. The Labute approximate surface area is 76.0 Å². The quantitative estimate of drug-likeness (QED) is 0.700. The SMILES string of the molecule is c1coc(-c2ccn(C3CC3)n2)c1. The van der Waals surface area contributed by atoms with Crippen LogP contribution in [0, 0.1) is 0 Å². The van der Waals surface area contributed by atoms with E-state index in [9.17, 15) is 0 Å². The van der Waals surface area contributed by atoms with E-state index in [1.165, 1.54) is 12.8 Å². The highest BCUT2D eigenvalue weighted by molar-refractivity contribution is 5.50. The Bertz CT molecular complexity index is 398. The summed E-state index contributed by atoms with van der Waals surface area (Å²) >= 11 is 0. The molecule has 0 bridgehead atoms. The maximum absolute atomic E-state index is 5.26. The van der Waals surface area contributed by atoms with Gasteiger partial charge >= 0.3 is 0 Å². The molecule has 0 saturated heterocycles. The third-order valence-electron chi connectivity index (χ3n) is 2.30. The first-order valence-electron chi connectivity index (χ1n) is 4.52. The zero-order valence-corrected chi connectivity index (χ0v) is 7.18. The van der Waals surface area contributed by atoms with E-state index in [4.69, 9.17) is 4.42 Å². The summed E-state index contributed by atoms with van der Waals surface area (Å²) in [4.78, 5) is 0. The Morgan fingerprint density at radius 3 is 3.00 bits per heavy atom. The van der Waals surface area contributed by atoms with Gasteiger partial charge in [0.15, 0.2) is 5.76 Å². The Balaban J connectivity index is 1.97. The van der Waals surface area contributed by atoms with Crippen LogP contribution in [0.2, 0.25) is 0 Å². The van der Waals surface area contributed by atoms with E-state index in [-0.39, 0.29) is 0 Å². The second kappa shape index (κ2) is 2.49. The largest absolute Gasteiger partial charge is 0.463 e. The minimum absolute atomic E-state index is 0.642. The van der Waals surface area contributed by atoms with Crippen LogP contribution in [0.1, 0.15) is 18.9 Å². The van der Waals surface area contributed by atoms with Crippen LogP contribution in [0.15, 0.2) is 35.1 Å². The van der Waals surface area contributed by atoms with Crippen LogP contribution in [-0.2, 0) is 0 Å². The first-order chi connectivity index (χ1) is 6.43. The van der Waals surface area contributed by atoms with Crippen molar-refractivity contribution in [2.24, 2.45) is 0 Å². The predicted molar refractivity (Wildman–Crippen MR) is 48.2 cm³/mol. The molecule has 0 radical (unpaired) electrons. The van der Waals surface area contributed by atoms with E-state index >= 15 is 0 Å². The van der Waals surface area contributed by atoms with Crippen LogP contribution in [0.3, 0.4) is 0 Å². The molecule has 3 rings (SSSR count). The molecule has 2 aromatic rings. The van der Waals surface area contributed by atoms with Crippen molar-refractivity contribution in [2.45, 2.75) is 18.9 Å². The number of hydrogen-bond acceptors (Lipinski definition) is 2. The smallest absolute Gasteiger partial charge is 0.154 e. The summed E-state index contributed by atoms with van der Waals surface area (Å²) in [6.45, 7) is 0. The molecule has 66 valence electrons. The summed E-state index contributed by atoms with van der Waals surface area (Å²) in [5, 5.41) is 4.44. The van der Waals surface area contributed by atoms with Gasteiger partial charge in [-0.05, 0) is 31.0 Å². The zero-order chi connectivity index (χ0) is 8.67. The molecule has 0 atom stereocenters. The van der Waals surface area contributed by atoms with Gasteiger partial charge in [0.2, 0.25) is 0 Å². The number of rotatable bonds is 2. The van der Waals surface area contributed by atoms with Crippen LogP contribution >= 0.6 is 0 Å². The molecule has 3 heteroatoms. The molecule has 1 aliphatic carbocycles. The fourth-order valence-corrected chi connectivity index (χ4v) is 1.44. The lowest BCUT2D eigenvalue weighted by molar-refractivity contribution is 0.574. The molecule has 2 heterocycles. The van der Waals surface area contributed by atoms with Crippen molar-refractivity contribution in [1.29, 1.82) is 0 Å². The number of nitrogens with zero attached hydrogens (tertiary/aromatic N) is 2. The van der Waals surface area contributed by atoms with Crippen molar-refractivity contribution < 1.29 is 4.42 Å². The maximum atomic E-state index is 5.26. The molecule has 0 amide bonds. The van der Waals surface area contributed by atoms with Gasteiger partial charge in [-0.25, -0.2) is 0 Å². The van der Waals surface area contributed by atoms with E-state index in [0.29, 0.717) is 6.04 Å². The highest BCUT2D eigenvalue weighted by Crippen LogP contribution is 2.34. The van der Waals surface area contributed by atoms with Gasteiger partial charge in [0.1, 0.15) is 5.69 Å². The first kappa shape index (κ1) is 6.95. The van der Waals surface area contributed by atoms with Gasteiger partial charge in [-0.2, -0.15) is 5.10 Å². The number of hydrogen-bond donors (Lipinski definition) is 0. The van der Waals surface area contributed by atoms with Gasteiger partial charge in [0.25, 0.3) is 0 Å². The molecule has 0 N–H and O–H groups in total. The topological polar surface area (TPSA) is 31.0 Å². The molecular formula is C10H10N2O. The third-order valence-corrected chi connectivity index (χ3v) is 2.30. The summed E-state index contributed by atoms with van der Waals surface area (Å²) in [6.07, 6.45) is 6.22. The second-order valence-corrected chi connectivity index (χ2v) is 3.39. The molecule has 0 aliphatic heterocycles. The fraction of sp³-hybridized carbons (Fsp3) is 0.300. The van der Waals surface area contributed by atoms with Crippen LogP contribution < -0.4 is 0 Å². The van der Waals surface area contributed by atoms with Crippen LogP contribution in [-0.4, -0.2) is 9.78 Å². The molecule has 1 aliphatic rings. The summed E-state index contributed by atoms with van der Waals surface area (Å²) < 4.78 is 7.28. The van der Waals surface area contributed by atoms with E-state index in [1.807, 2.05) is 29.1 Å². The average Bonchev–Trinajstić information content (AvgIpc) is 2.72. The molecule has 0 aromatic carbocycles. The first-order valence-corrected chi connectivity index (χ1v) is 4.52. The van der Waals surface area contributed by atoms with Crippen LogP contribution in [0.5, 0.6) is 0 Å². The summed E-state index contributed by atoms with van der Waals surface area (Å²) in [5.74, 6) is 0.847. The van der Waals surface area contributed by atoms with Gasteiger partial charge in [-0.15, -0.1) is 0 Å². The monoisotopic (exact) mass is 174 g/mol. The molecule has 0 unspecified atom stereocenters. The summed E-state index contributed by atoms with van der Waals surface area (Å²) in [5.41, 5.74) is 0.928.